The summed E-state index contributed by atoms with van der Waals surface area (Å²) in [5.74, 6) is 0.467. The quantitative estimate of drug-likeness (QED) is 0.212. The lowest BCUT2D eigenvalue weighted by Gasteiger charge is -2.08. The molecule has 122 valence electrons. The van der Waals surface area contributed by atoms with Crippen molar-refractivity contribution in [3.8, 4) is 11.5 Å². The van der Waals surface area contributed by atoms with E-state index < -0.39 is 12.3 Å². The van der Waals surface area contributed by atoms with Gasteiger partial charge in [-0.25, -0.2) is 4.79 Å². The van der Waals surface area contributed by atoms with Crippen molar-refractivity contribution >= 4 is 17.9 Å². The van der Waals surface area contributed by atoms with Gasteiger partial charge in [-0.15, -0.1) is 0 Å². The highest BCUT2D eigenvalue weighted by Crippen LogP contribution is 2.19. The van der Waals surface area contributed by atoms with Gasteiger partial charge in [0.15, 0.2) is 0 Å². The number of ether oxygens (including phenoxy) is 2. The molecule has 0 spiro atoms. The SMILES string of the molecule is C=CC(=O)Oc1ccc(C=Nc2ccc(OC(O)C=C)cc2)cc1. The van der Waals surface area contributed by atoms with Gasteiger partial charge in [-0.05, 0) is 60.2 Å². The number of benzene rings is 2. The summed E-state index contributed by atoms with van der Waals surface area (Å²) in [7, 11) is 0. The first-order valence-electron chi connectivity index (χ1n) is 7.16. The molecule has 0 heterocycles. The third-order valence-corrected chi connectivity index (χ3v) is 2.92. The van der Waals surface area contributed by atoms with Crippen LogP contribution in [-0.2, 0) is 4.79 Å². The smallest absolute Gasteiger partial charge is 0.335 e. The van der Waals surface area contributed by atoms with Crippen LogP contribution in [0.5, 0.6) is 11.5 Å². The van der Waals surface area contributed by atoms with Gasteiger partial charge in [0.05, 0.1) is 5.69 Å². The molecule has 5 nitrogen and oxygen atoms in total. The molecule has 0 aliphatic carbocycles. The maximum absolute atomic E-state index is 11.1. The van der Waals surface area contributed by atoms with Crippen LogP contribution < -0.4 is 9.47 Å². The van der Waals surface area contributed by atoms with E-state index in [1.54, 1.807) is 54.7 Å². The lowest BCUT2D eigenvalue weighted by molar-refractivity contribution is -0.128. The molecule has 2 aromatic rings. The van der Waals surface area contributed by atoms with Gasteiger partial charge >= 0.3 is 5.97 Å². The van der Waals surface area contributed by atoms with Crippen molar-refractivity contribution in [3.63, 3.8) is 0 Å². The highest BCUT2D eigenvalue weighted by Gasteiger charge is 2.01. The normalized spacial score (nSPS) is 11.7. The summed E-state index contributed by atoms with van der Waals surface area (Å²) in [6.07, 6.45) is 3.06. The van der Waals surface area contributed by atoms with Gasteiger partial charge < -0.3 is 14.6 Å². The minimum absolute atomic E-state index is 0.444. The number of hydrogen-bond acceptors (Lipinski definition) is 5. The monoisotopic (exact) mass is 323 g/mol. The summed E-state index contributed by atoms with van der Waals surface area (Å²) in [4.78, 5) is 15.4. The van der Waals surface area contributed by atoms with Gasteiger partial charge in [0, 0.05) is 12.3 Å². The molecular weight excluding hydrogens is 306 g/mol. The molecule has 24 heavy (non-hydrogen) atoms. The Morgan fingerprint density at radius 1 is 1.04 bits per heavy atom. The minimum atomic E-state index is -1.03. The van der Waals surface area contributed by atoms with Crippen LogP contribution >= 0.6 is 0 Å². The van der Waals surface area contributed by atoms with E-state index in [0.717, 1.165) is 17.3 Å². The average molecular weight is 323 g/mol. The van der Waals surface area contributed by atoms with Crippen molar-refractivity contribution in [2.45, 2.75) is 6.29 Å². The lowest BCUT2D eigenvalue weighted by Crippen LogP contribution is -2.10. The molecule has 0 aliphatic heterocycles. The number of nitrogens with zero attached hydrogens (tertiary/aromatic N) is 1. The Labute approximate surface area is 140 Å². The number of carbonyl (C=O) groups is 1. The number of aliphatic hydroxyl groups is 1. The maximum atomic E-state index is 11.1. The van der Waals surface area contributed by atoms with Crippen LogP contribution in [0.25, 0.3) is 0 Å². The zero-order chi connectivity index (χ0) is 17.4. The van der Waals surface area contributed by atoms with Gasteiger partial charge in [-0.3, -0.25) is 4.99 Å². The summed E-state index contributed by atoms with van der Waals surface area (Å²) >= 11 is 0. The van der Waals surface area contributed by atoms with Crippen molar-refractivity contribution in [1.82, 2.24) is 0 Å². The summed E-state index contributed by atoms with van der Waals surface area (Å²) in [6, 6.07) is 13.9. The van der Waals surface area contributed by atoms with Crippen LogP contribution in [0.2, 0.25) is 0 Å². The third-order valence-electron chi connectivity index (χ3n) is 2.92. The molecule has 0 amide bonds. The van der Waals surface area contributed by atoms with E-state index in [-0.39, 0.29) is 0 Å². The highest BCUT2D eigenvalue weighted by molar-refractivity contribution is 5.84. The Bertz CT molecular complexity index is 733. The van der Waals surface area contributed by atoms with Crippen LogP contribution in [0, 0.1) is 0 Å². The number of hydrogen-bond donors (Lipinski definition) is 1. The molecule has 0 radical (unpaired) electrons. The number of carbonyl (C=O) groups excluding carboxylic acids is 1. The average Bonchev–Trinajstić information content (AvgIpc) is 2.62. The molecule has 0 fully saturated rings. The molecule has 0 aromatic heterocycles. The second-order valence-electron chi connectivity index (χ2n) is 4.69. The molecule has 0 saturated heterocycles. The van der Waals surface area contributed by atoms with E-state index in [4.69, 9.17) is 9.47 Å². The molecule has 0 bridgehead atoms. The Morgan fingerprint density at radius 3 is 2.25 bits per heavy atom. The van der Waals surface area contributed by atoms with Crippen LogP contribution in [0.3, 0.4) is 0 Å². The van der Waals surface area contributed by atoms with E-state index in [2.05, 4.69) is 18.2 Å². The van der Waals surface area contributed by atoms with Crippen LogP contribution in [0.4, 0.5) is 5.69 Å². The van der Waals surface area contributed by atoms with Gasteiger partial charge in [0.2, 0.25) is 6.29 Å². The van der Waals surface area contributed by atoms with E-state index in [1.807, 2.05) is 0 Å². The summed E-state index contributed by atoms with van der Waals surface area (Å²) in [5.41, 5.74) is 1.59. The Morgan fingerprint density at radius 2 is 1.67 bits per heavy atom. The molecule has 1 atom stereocenters. The van der Waals surface area contributed by atoms with Crippen molar-refractivity contribution in [2.75, 3.05) is 0 Å². The highest BCUT2D eigenvalue weighted by atomic mass is 16.6. The molecule has 2 aromatic carbocycles. The predicted octanol–water partition coefficient (Wildman–Crippen LogP) is 3.41. The first kappa shape index (κ1) is 17.2. The van der Waals surface area contributed by atoms with E-state index >= 15 is 0 Å². The van der Waals surface area contributed by atoms with Crippen molar-refractivity contribution in [3.05, 3.63) is 79.4 Å². The second-order valence-corrected chi connectivity index (χ2v) is 4.69. The fourth-order valence-electron chi connectivity index (χ4n) is 1.73. The lowest BCUT2D eigenvalue weighted by atomic mass is 10.2. The zero-order valence-electron chi connectivity index (χ0n) is 13.0. The van der Waals surface area contributed by atoms with Crippen molar-refractivity contribution in [2.24, 2.45) is 4.99 Å². The second kappa shape index (κ2) is 8.45. The third kappa shape index (κ3) is 5.23. The predicted molar refractivity (Wildman–Crippen MR) is 92.8 cm³/mol. The molecule has 0 aliphatic rings. The van der Waals surface area contributed by atoms with Crippen molar-refractivity contribution < 1.29 is 19.4 Å². The Kier molecular flexibility index (Phi) is 6.05. The molecule has 5 heteroatoms. The van der Waals surface area contributed by atoms with Gasteiger partial charge in [-0.2, -0.15) is 0 Å². The molecule has 1 unspecified atom stereocenters. The van der Waals surface area contributed by atoms with Gasteiger partial charge in [-0.1, -0.05) is 13.2 Å². The number of aliphatic imine (C=N–C) groups is 1. The first-order valence-corrected chi connectivity index (χ1v) is 7.16. The maximum Gasteiger partial charge on any atom is 0.335 e. The van der Waals surface area contributed by atoms with E-state index in [0.29, 0.717) is 11.5 Å². The van der Waals surface area contributed by atoms with E-state index in [9.17, 15) is 9.90 Å². The minimum Gasteiger partial charge on any atom is -0.461 e. The fraction of sp³-hybridized carbons (Fsp3) is 0.0526. The molecule has 2 rings (SSSR count). The Balaban J connectivity index is 1.98. The fourth-order valence-corrected chi connectivity index (χ4v) is 1.73. The van der Waals surface area contributed by atoms with Gasteiger partial charge in [0.25, 0.3) is 0 Å². The van der Waals surface area contributed by atoms with Gasteiger partial charge in [0.1, 0.15) is 11.5 Å². The molecule has 0 saturated carbocycles. The zero-order valence-corrected chi connectivity index (χ0v) is 13.0. The Hall–Kier alpha value is -3.18. The van der Waals surface area contributed by atoms with Crippen LogP contribution in [-0.4, -0.2) is 23.6 Å². The van der Waals surface area contributed by atoms with E-state index in [1.165, 1.54) is 6.08 Å². The summed E-state index contributed by atoms with van der Waals surface area (Å²) in [6.45, 7) is 6.77. The topological polar surface area (TPSA) is 68.1 Å². The van der Waals surface area contributed by atoms with Crippen molar-refractivity contribution in [1.29, 1.82) is 0 Å². The number of esters is 1. The van der Waals surface area contributed by atoms with Crippen LogP contribution in [0.15, 0.2) is 78.8 Å². The summed E-state index contributed by atoms with van der Waals surface area (Å²) in [5, 5.41) is 9.32. The number of aliphatic hydroxyl groups excluding tert-OH is 1. The summed E-state index contributed by atoms with van der Waals surface area (Å²) < 4.78 is 10.2. The first-order chi connectivity index (χ1) is 11.6. The standard InChI is InChI=1S/C19H17NO4/c1-3-18(21)23-16-9-5-14(6-10-16)13-20-15-7-11-17(12-8-15)24-19(22)4-2/h3-13,19,22H,1-2H2. The van der Waals surface area contributed by atoms with Crippen LogP contribution in [0.1, 0.15) is 5.56 Å². The molecular formula is C19H17NO4. The number of rotatable bonds is 7. The molecule has 1 N–H and O–H groups in total. The largest absolute Gasteiger partial charge is 0.461 e.